The second-order valence-corrected chi connectivity index (χ2v) is 4.51. The number of hydrogen-bond donors (Lipinski definition) is 1. The van der Waals surface area contributed by atoms with E-state index >= 15 is 0 Å². The number of amides is 1. The first-order chi connectivity index (χ1) is 8.65. The van der Waals surface area contributed by atoms with Crippen LogP contribution in [0.5, 0.6) is 0 Å². The Balaban J connectivity index is 1.75. The van der Waals surface area contributed by atoms with E-state index in [-0.39, 0.29) is 18.2 Å². The number of likely N-dealkylation sites (tertiary alicyclic amines) is 1. The van der Waals surface area contributed by atoms with E-state index in [4.69, 9.17) is 5.11 Å². The number of hydrogen-bond acceptors (Lipinski definition) is 4. The molecule has 1 saturated heterocycles. The molecule has 1 fully saturated rings. The van der Waals surface area contributed by atoms with Gasteiger partial charge in [0.05, 0.1) is 12.7 Å². The van der Waals surface area contributed by atoms with Crippen LogP contribution in [0.15, 0.2) is 12.4 Å². The lowest BCUT2D eigenvalue weighted by Crippen LogP contribution is -2.29. The Morgan fingerprint density at radius 3 is 2.94 bits per heavy atom. The average molecular weight is 252 g/mol. The molecule has 18 heavy (non-hydrogen) atoms. The zero-order valence-electron chi connectivity index (χ0n) is 10.0. The molecule has 0 aliphatic carbocycles. The molecule has 1 unspecified atom stereocenters. The summed E-state index contributed by atoms with van der Waals surface area (Å²) in [4.78, 5) is 24.2. The Labute approximate surface area is 104 Å². The van der Waals surface area contributed by atoms with Gasteiger partial charge in [0.25, 0.3) is 0 Å². The number of aryl methyl sites for hydroxylation is 1. The Kier molecular flexibility index (Phi) is 3.91. The smallest absolute Gasteiger partial charge is 0.303 e. The summed E-state index contributed by atoms with van der Waals surface area (Å²) in [6, 6.07) is 0. The maximum absolute atomic E-state index is 11.9. The zero-order valence-corrected chi connectivity index (χ0v) is 10.0. The fourth-order valence-electron chi connectivity index (χ4n) is 2.19. The van der Waals surface area contributed by atoms with Gasteiger partial charge in [-0.1, -0.05) is 5.21 Å². The second-order valence-electron chi connectivity index (χ2n) is 4.51. The molecule has 1 aliphatic heterocycles. The number of carbonyl (C=O) groups is 2. The van der Waals surface area contributed by atoms with E-state index in [1.807, 2.05) is 0 Å². The highest BCUT2D eigenvalue weighted by molar-refractivity contribution is 5.76. The van der Waals surface area contributed by atoms with E-state index in [1.54, 1.807) is 22.0 Å². The Morgan fingerprint density at radius 2 is 2.28 bits per heavy atom. The van der Waals surface area contributed by atoms with Crippen molar-refractivity contribution in [1.29, 1.82) is 0 Å². The highest BCUT2D eigenvalue weighted by atomic mass is 16.4. The van der Waals surface area contributed by atoms with Crippen LogP contribution in [0.3, 0.4) is 0 Å². The van der Waals surface area contributed by atoms with Crippen molar-refractivity contribution < 1.29 is 14.7 Å². The Hall–Kier alpha value is -1.92. The van der Waals surface area contributed by atoms with Crippen LogP contribution in [0.1, 0.15) is 19.3 Å². The molecule has 0 saturated carbocycles. The molecule has 0 aromatic carbocycles. The van der Waals surface area contributed by atoms with Crippen molar-refractivity contribution in [2.24, 2.45) is 5.92 Å². The topological polar surface area (TPSA) is 88.3 Å². The van der Waals surface area contributed by atoms with Gasteiger partial charge >= 0.3 is 5.97 Å². The molecular weight excluding hydrogens is 236 g/mol. The molecule has 1 aromatic rings. The third-order valence-corrected chi connectivity index (χ3v) is 3.13. The lowest BCUT2D eigenvalue weighted by atomic mass is 10.1. The molecule has 2 heterocycles. The predicted molar refractivity (Wildman–Crippen MR) is 61.6 cm³/mol. The molecule has 7 nitrogen and oxygen atoms in total. The van der Waals surface area contributed by atoms with Crippen molar-refractivity contribution in [2.45, 2.75) is 25.8 Å². The highest BCUT2D eigenvalue weighted by Crippen LogP contribution is 2.20. The second kappa shape index (κ2) is 5.61. The monoisotopic (exact) mass is 252 g/mol. The Morgan fingerprint density at radius 1 is 1.44 bits per heavy atom. The van der Waals surface area contributed by atoms with Gasteiger partial charge in [-0.15, -0.1) is 5.10 Å². The van der Waals surface area contributed by atoms with Gasteiger partial charge in [0, 0.05) is 32.1 Å². The van der Waals surface area contributed by atoms with Crippen LogP contribution in [0, 0.1) is 5.92 Å². The van der Waals surface area contributed by atoms with Crippen LogP contribution in [0.4, 0.5) is 0 Å². The molecule has 7 heteroatoms. The van der Waals surface area contributed by atoms with Crippen LogP contribution < -0.4 is 0 Å². The van der Waals surface area contributed by atoms with Crippen LogP contribution in [-0.2, 0) is 16.1 Å². The molecular formula is C11H16N4O3. The predicted octanol–water partition coefficient (Wildman–Crippen LogP) is -0.00860. The van der Waals surface area contributed by atoms with Crippen molar-refractivity contribution in [3.05, 3.63) is 12.4 Å². The number of carboxylic acid groups (broad SMARTS) is 1. The quantitative estimate of drug-likeness (QED) is 0.796. The largest absolute Gasteiger partial charge is 0.481 e. The van der Waals surface area contributed by atoms with E-state index in [0.29, 0.717) is 26.1 Å². The summed E-state index contributed by atoms with van der Waals surface area (Å²) < 4.78 is 1.61. The first kappa shape index (κ1) is 12.5. The lowest BCUT2D eigenvalue weighted by molar-refractivity contribution is -0.138. The van der Waals surface area contributed by atoms with Gasteiger partial charge in [-0.05, 0) is 12.3 Å². The number of carbonyl (C=O) groups excluding carboxylic acids is 1. The Bertz CT molecular complexity index is 418. The fraction of sp³-hybridized carbons (Fsp3) is 0.636. The molecule has 0 bridgehead atoms. The molecule has 98 valence electrons. The van der Waals surface area contributed by atoms with Gasteiger partial charge in [0.15, 0.2) is 0 Å². The average Bonchev–Trinajstić information content (AvgIpc) is 2.95. The minimum Gasteiger partial charge on any atom is -0.481 e. The number of aliphatic carboxylic acids is 1. The zero-order chi connectivity index (χ0) is 13.0. The third-order valence-electron chi connectivity index (χ3n) is 3.13. The standard InChI is InChI=1S/C11H16N4O3/c16-10(2-5-15-6-3-12-13-15)14-4-1-9(8-14)7-11(17)18/h3,6,9H,1-2,4-5,7-8H2,(H,17,18). The molecule has 1 atom stereocenters. The molecule has 0 radical (unpaired) electrons. The van der Waals surface area contributed by atoms with E-state index in [0.717, 1.165) is 6.42 Å². The van der Waals surface area contributed by atoms with E-state index < -0.39 is 5.97 Å². The van der Waals surface area contributed by atoms with Crippen LogP contribution in [-0.4, -0.2) is 50.0 Å². The maximum atomic E-state index is 11.9. The molecule has 2 rings (SSSR count). The van der Waals surface area contributed by atoms with Crippen molar-refractivity contribution in [2.75, 3.05) is 13.1 Å². The number of aromatic nitrogens is 3. The maximum Gasteiger partial charge on any atom is 0.303 e. The highest BCUT2D eigenvalue weighted by Gasteiger charge is 2.27. The lowest BCUT2D eigenvalue weighted by Gasteiger charge is -2.16. The van der Waals surface area contributed by atoms with Crippen molar-refractivity contribution in [1.82, 2.24) is 19.9 Å². The van der Waals surface area contributed by atoms with Gasteiger partial charge in [0.2, 0.25) is 5.91 Å². The number of carboxylic acids is 1. The molecule has 1 aliphatic rings. The summed E-state index contributed by atoms with van der Waals surface area (Å²) in [6.45, 7) is 1.73. The van der Waals surface area contributed by atoms with Crippen LogP contribution in [0.2, 0.25) is 0 Å². The summed E-state index contributed by atoms with van der Waals surface area (Å²) in [5.41, 5.74) is 0. The van der Waals surface area contributed by atoms with Crippen molar-refractivity contribution in [3.8, 4) is 0 Å². The van der Waals surface area contributed by atoms with Gasteiger partial charge in [-0.25, -0.2) is 0 Å². The summed E-state index contributed by atoms with van der Waals surface area (Å²) >= 11 is 0. The van der Waals surface area contributed by atoms with Crippen LogP contribution >= 0.6 is 0 Å². The first-order valence-corrected chi connectivity index (χ1v) is 5.99. The SMILES string of the molecule is O=C(O)CC1CCN(C(=O)CCn2ccnn2)C1. The van der Waals surface area contributed by atoms with Gasteiger partial charge in [-0.2, -0.15) is 0 Å². The molecule has 1 aromatic heterocycles. The number of nitrogens with zero attached hydrogens (tertiary/aromatic N) is 4. The fourth-order valence-corrected chi connectivity index (χ4v) is 2.19. The van der Waals surface area contributed by atoms with Crippen LogP contribution in [0.25, 0.3) is 0 Å². The minimum absolute atomic E-state index is 0.0541. The van der Waals surface area contributed by atoms with E-state index in [1.165, 1.54) is 0 Å². The molecule has 1 amide bonds. The van der Waals surface area contributed by atoms with Gasteiger partial charge in [-0.3, -0.25) is 14.3 Å². The third kappa shape index (κ3) is 3.28. The van der Waals surface area contributed by atoms with E-state index in [2.05, 4.69) is 10.3 Å². The van der Waals surface area contributed by atoms with Gasteiger partial charge < -0.3 is 10.0 Å². The minimum atomic E-state index is -0.795. The normalized spacial score (nSPS) is 19.1. The summed E-state index contributed by atoms with van der Waals surface area (Å²) in [5, 5.41) is 16.2. The first-order valence-electron chi connectivity index (χ1n) is 5.99. The number of rotatable bonds is 5. The van der Waals surface area contributed by atoms with Crippen molar-refractivity contribution in [3.63, 3.8) is 0 Å². The van der Waals surface area contributed by atoms with E-state index in [9.17, 15) is 9.59 Å². The van der Waals surface area contributed by atoms with Gasteiger partial charge in [0.1, 0.15) is 0 Å². The van der Waals surface area contributed by atoms with Crippen molar-refractivity contribution >= 4 is 11.9 Å². The molecule has 0 spiro atoms. The summed E-state index contributed by atoms with van der Waals surface area (Å²) in [7, 11) is 0. The molecule has 1 N–H and O–H groups in total. The summed E-state index contributed by atoms with van der Waals surface area (Å²) in [6.07, 6.45) is 4.59. The summed E-state index contributed by atoms with van der Waals surface area (Å²) in [5.74, 6) is -0.645.